The molecule has 0 fully saturated rings. The van der Waals surface area contributed by atoms with Crippen molar-refractivity contribution in [3.8, 4) is 0 Å². The summed E-state index contributed by atoms with van der Waals surface area (Å²) in [5.41, 5.74) is 2.11. The van der Waals surface area contributed by atoms with Crippen molar-refractivity contribution in [3.63, 3.8) is 0 Å². The highest BCUT2D eigenvalue weighted by atomic mass is 35.5. The lowest BCUT2D eigenvalue weighted by Gasteiger charge is -2.16. The number of hydrogen-bond donors (Lipinski definition) is 0. The SMILES string of the molecule is CCSC1=C(c2ccc(F)cc2)C(=O)N(c2ccc(C)c(Cl)c2)C1=O. The van der Waals surface area contributed by atoms with Gasteiger partial charge in [-0.15, -0.1) is 11.8 Å². The van der Waals surface area contributed by atoms with Crippen LogP contribution in [0.15, 0.2) is 47.4 Å². The van der Waals surface area contributed by atoms with Crippen LogP contribution in [0.5, 0.6) is 0 Å². The van der Waals surface area contributed by atoms with Crippen molar-refractivity contribution in [1.82, 2.24) is 0 Å². The minimum absolute atomic E-state index is 0.300. The minimum atomic E-state index is -0.424. The molecule has 128 valence electrons. The molecule has 0 aliphatic carbocycles. The Morgan fingerprint density at radius 1 is 1.08 bits per heavy atom. The number of aryl methyl sites for hydroxylation is 1. The van der Waals surface area contributed by atoms with Crippen molar-refractivity contribution in [1.29, 1.82) is 0 Å². The van der Waals surface area contributed by atoms with Gasteiger partial charge in [-0.25, -0.2) is 9.29 Å². The second kappa shape index (κ2) is 7.02. The van der Waals surface area contributed by atoms with Gasteiger partial charge < -0.3 is 0 Å². The van der Waals surface area contributed by atoms with Gasteiger partial charge in [-0.2, -0.15) is 0 Å². The first-order chi connectivity index (χ1) is 11.9. The molecule has 0 spiro atoms. The van der Waals surface area contributed by atoms with E-state index in [0.717, 1.165) is 10.5 Å². The first-order valence-electron chi connectivity index (χ1n) is 7.72. The molecule has 2 aromatic carbocycles. The Labute approximate surface area is 154 Å². The van der Waals surface area contributed by atoms with Gasteiger partial charge in [0.1, 0.15) is 5.82 Å². The Bertz CT molecular complexity index is 893. The second-order valence-corrected chi connectivity index (χ2v) is 7.20. The molecule has 1 aliphatic heterocycles. The van der Waals surface area contributed by atoms with E-state index < -0.39 is 11.7 Å². The lowest BCUT2D eigenvalue weighted by atomic mass is 10.1. The quantitative estimate of drug-likeness (QED) is 0.718. The van der Waals surface area contributed by atoms with Gasteiger partial charge in [-0.1, -0.05) is 36.7 Å². The van der Waals surface area contributed by atoms with Crippen LogP contribution in [-0.4, -0.2) is 17.6 Å². The van der Waals surface area contributed by atoms with Crippen LogP contribution in [0.1, 0.15) is 18.1 Å². The largest absolute Gasteiger partial charge is 0.272 e. The summed E-state index contributed by atoms with van der Waals surface area (Å²) in [6.07, 6.45) is 0. The summed E-state index contributed by atoms with van der Waals surface area (Å²) in [6.45, 7) is 3.75. The van der Waals surface area contributed by atoms with E-state index in [9.17, 15) is 14.0 Å². The van der Waals surface area contributed by atoms with E-state index in [4.69, 9.17) is 11.6 Å². The van der Waals surface area contributed by atoms with Gasteiger partial charge in [-0.05, 0) is 48.1 Å². The topological polar surface area (TPSA) is 37.4 Å². The Kier molecular flexibility index (Phi) is 4.97. The summed E-state index contributed by atoms with van der Waals surface area (Å²) in [7, 11) is 0. The lowest BCUT2D eigenvalue weighted by molar-refractivity contribution is -0.119. The Morgan fingerprint density at radius 2 is 1.76 bits per heavy atom. The zero-order valence-electron chi connectivity index (χ0n) is 13.7. The number of hydrogen-bond acceptors (Lipinski definition) is 3. The molecule has 25 heavy (non-hydrogen) atoms. The number of carbonyl (C=O) groups is 2. The molecule has 0 N–H and O–H groups in total. The highest BCUT2D eigenvalue weighted by molar-refractivity contribution is 8.04. The molecule has 2 amide bonds. The zero-order chi connectivity index (χ0) is 18.1. The number of anilines is 1. The van der Waals surface area contributed by atoms with Crippen LogP contribution in [-0.2, 0) is 9.59 Å². The van der Waals surface area contributed by atoms with Gasteiger partial charge in [0.15, 0.2) is 0 Å². The third-order valence-corrected chi connectivity index (χ3v) is 5.24. The number of nitrogens with zero attached hydrogens (tertiary/aromatic N) is 1. The summed E-state index contributed by atoms with van der Waals surface area (Å²) >= 11 is 7.45. The Hall–Kier alpha value is -2.11. The van der Waals surface area contributed by atoms with Gasteiger partial charge >= 0.3 is 0 Å². The highest BCUT2D eigenvalue weighted by Crippen LogP contribution is 2.39. The summed E-state index contributed by atoms with van der Waals surface area (Å²) in [6, 6.07) is 10.6. The van der Waals surface area contributed by atoms with Crippen LogP contribution in [0.3, 0.4) is 0 Å². The van der Waals surface area contributed by atoms with Crippen LogP contribution in [0.4, 0.5) is 10.1 Å². The van der Waals surface area contributed by atoms with E-state index >= 15 is 0 Å². The average molecular weight is 376 g/mol. The lowest BCUT2D eigenvalue weighted by Crippen LogP contribution is -2.31. The van der Waals surface area contributed by atoms with Gasteiger partial charge in [0, 0.05) is 5.02 Å². The second-order valence-electron chi connectivity index (χ2n) is 5.52. The van der Waals surface area contributed by atoms with Crippen LogP contribution in [0.25, 0.3) is 5.57 Å². The van der Waals surface area contributed by atoms with Crippen molar-refractivity contribution in [2.24, 2.45) is 0 Å². The monoisotopic (exact) mass is 375 g/mol. The van der Waals surface area contributed by atoms with Crippen LogP contribution in [0, 0.1) is 12.7 Å². The van der Waals surface area contributed by atoms with E-state index in [1.807, 2.05) is 13.8 Å². The predicted octanol–water partition coefficient (Wildman–Crippen LogP) is 4.83. The summed E-state index contributed by atoms with van der Waals surface area (Å²) in [5.74, 6) is -0.557. The summed E-state index contributed by atoms with van der Waals surface area (Å²) < 4.78 is 13.2. The van der Waals surface area contributed by atoms with Crippen molar-refractivity contribution in [3.05, 3.63) is 69.3 Å². The number of thioether (sulfide) groups is 1. The van der Waals surface area contributed by atoms with Crippen LogP contribution >= 0.6 is 23.4 Å². The van der Waals surface area contributed by atoms with E-state index in [-0.39, 0.29) is 5.91 Å². The Balaban J connectivity index is 2.09. The first kappa shape index (κ1) is 17.7. The molecule has 3 rings (SSSR count). The third-order valence-electron chi connectivity index (χ3n) is 3.88. The molecule has 0 aromatic heterocycles. The smallest absolute Gasteiger partial charge is 0.268 e. The number of rotatable bonds is 4. The molecular weight excluding hydrogens is 361 g/mol. The van der Waals surface area contributed by atoms with Crippen LogP contribution < -0.4 is 4.90 Å². The maximum absolute atomic E-state index is 13.2. The van der Waals surface area contributed by atoms with E-state index in [2.05, 4.69) is 0 Å². The third kappa shape index (κ3) is 3.22. The van der Waals surface area contributed by atoms with E-state index in [0.29, 0.717) is 32.5 Å². The van der Waals surface area contributed by atoms with Crippen molar-refractivity contribution >= 4 is 46.4 Å². The van der Waals surface area contributed by atoms with Crippen molar-refractivity contribution < 1.29 is 14.0 Å². The summed E-state index contributed by atoms with van der Waals surface area (Å²) in [4.78, 5) is 27.3. The first-order valence-corrected chi connectivity index (χ1v) is 9.08. The molecule has 0 bridgehead atoms. The van der Waals surface area contributed by atoms with E-state index in [1.165, 1.54) is 36.0 Å². The number of halogens is 2. The number of carbonyl (C=O) groups excluding carboxylic acids is 2. The molecule has 0 saturated heterocycles. The van der Waals surface area contributed by atoms with Gasteiger partial charge in [0.05, 0.1) is 16.2 Å². The maximum Gasteiger partial charge on any atom is 0.272 e. The van der Waals surface area contributed by atoms with Gasteiger partial charge in [0.2, 0.25) is 0 Å². The molecule has 1 aliphatic rings. The maximum atomic E-state index is 13.2. The fourth-order valence-corrected chi connectivity index (χ4v) is 3.64. The normalized spacial score (nSPS) is 14.6. The average Bonchev–Trinajstić information content (AvgIpc) is 2.82. The standard InChI is InChI=1S/C19H15ClFNO2S/c1-3-25-17-16(12-5-7-13(21)8-6-12)18(23)22(19(17)24)14-9-4-11(2)15(20)10-14/h4-10H,3H2,1-2H3. The summed E-state index contributed by atoms with van der Waals surface area (Å²) in [5, 5.41) is 0.484. The van der Waals surface area contributed by atoms with E-state index in [1.54, 1.807) is 18.2 Å². The predicted molar refractivity (Wildman–Crippen MR) is 100 cm³/mol. The van der Waals surface area contributed by atoms with Gasteiger partial charge in [0.25, 0.3) is 11.8 Å². The number of amides is 2. The van der Waals surface area contributed by atoms with Crippen molar-refractivity contribution in [2.45, 2.75) is 13.8 Å². The number of benzene rings is 2. The van der Waals surface area contributed by atoms with Crippen molar-refractivity contribution in [2.75, 3.05) is 10.7 Å². The highest BCUT2D eigenvalue weighted by Gasteiger charge is 2.40. The molecule has 0 unspecified atom stereocenters. The fraction of sp³-hybridized carbons (Fsp3) is 0.158. The molecule has 0 radical (unpaired) electrons. The molecule has 3 nitrogen and oxygen atoms in total. The fourth-order valence-electron chi connectivity index (χ4n) is 2.61. The molecule has 0 atom stereocenters. The number of imide groups is 1. The van der Waals surface area contributed by atoms with Gasteiger partial charge in [-0.3, -0.25) is 9.59 Å². The molecule has 2 aromatic rings. The van der Waals surface area contributed by atoms with Crippen LogP contribution in [0.2, 0.25) is 5.02 Å². The minimum Gasteiger partial charge on any atom is -0.268 e. The Morgan fingerprint density at radius 3 is 2.36 bits per heavy atom. The molecule has 1 heterocycles. The zero-order valence-corrected chi connectivity index (χ0v) is 15.2. The molecular formula is C19H15ClFNO2S. The molecule has 0 saturated carbocycles. The molecule has 6 heteroatoms.